The Morgan fingerprint density at radius 2 is 1.97 bits per heavy atom. The van der Waals surface area contributed by atoms with Gasteiger partial charge in [0.15, 0.2) is 5.82 Å². The molecule has 1 fully saturated rings. The zero-order valence-electron chi connectivity index (χ0n) is 16.8. The van der Waals surface area contributed by atoms with Gasteiger partial charge >= 0.3 is 0 Å². The maximum absolute atomic E-state index is 12.9. The van der Waals surface area contributed by atoms with Gasteiger partial charge in [-0.25, -0.2) is 4.68 Å². The number of carbonyl (C=O) groups is 1. The van der Waals surface area contributed by atoms with Gasteiger partial charge in [0, 0.05) is 12.6 Å². The van der Waals surface area contributed by atoms with Gasteiger partial charge in [-0.2, -0.15) is 10.4 Å². The molecule has 0 aliphatic heterocycles. The normalized spacial score (nSPS) is 13.1. The van der Waals surface area contributed by atoms with E-state index in [0.29, 0.717) is 24.0 Å². The van der Waals surface area contributed by atoms with E-state index in [1.54, 1.807) is 11.8 Å². The molecular formula is C23H23N5O2. The zero-order valence-corrected chi connectivity index (χ0v) is 16.8. The van der Waals surface area contributed by atoms with Gasteiger partial charge in [0.05, 0.1) is 25.5 Å². The molecule has 1 aliphatic carbocycles. The van der Waals surface area contributed by atoms with Gasteiger partial charge in [0.2, 0.25) is 5.91 Å². The number of para-hydroxylation sites is 1. The number of nitriles is 1. The third kappa shape index (κ3) is 4.50. The lowest BCUT2D eigenvalue weighted by Crippen LogP contribution is -2.35. The number of methoxy groups -OCH3 is 1. The summed E-state index contributed by atoms with van der Waals surface area (Å²) in [4.78, 5) is 15.0. The van der Waals surface area contributed by atoms with E-state index in [1.165, 1.54) is 6.20 Å². The van der Waals surface area contributed by atoms with Crippen molar-refractivity contribution in [1.82, 2.24) is 14.7 Å². The van der Waals surface area contributed by atoms with Crippen molar-refractivity contribution in [3.8, 4) is 17.5 Å². The minimum Gasteiger partial charge on any atom is -0.497 e. The van der Waals surface area contributed by atoms with Crippen molar-refractivity contribution in [2.45, 2.75) is 25.4 Å². The fourth-order valence-corrected chi connectivity index (χ4v) is 3.39. The van der Waals surface area contributed by atoms with Crippen LogP contribution < -0.4 is 10.1 Å². The number of ether oxygens (including phenoxy) is 1. The first-order valence-electron chi connectivity index (χ1n) is 9.88. The number of nitrogens with one attached hydrogen (secondary N) is 1. The molecule has 1 N–H and O–H groups in total. The summed E-state index contributed by atoms with van der Waals surface area (Å²) < 4.78 is 6.80. The smallest absolute Gasteiger partial charge is 0.239 e. The molecule has 0 unspecified atom stereocenters. The van der Waals surface area contributed by atoms with Gasteiger partial charge in [-0.05, 0) is 42.7 Å². The molecule has 30 heavy (non-hydrogen) atoms. The summed E-state index contributed by atoms with van der Waals surface area (Å²) in [5, 5.41) is 16.6. The number of carbonyl (C=O) groups excluding carboxylic acids is 1. The van der Waals surface area contributed by atoms with Gasteiger partial charge in [0.1, 0.15) is 17.4 Å². The topological polar surface area (TPSA) is 83.2 Å². The summed E-state index contributed by atoms with van der Waals surface area (Å²) >= 11 is 0. The first-order valence-corrected chi connectivity index (χ1v) is 9.88. The number of benzene rings is 2. The van der Waals surface area contributed by atoms with Crippen LogP contribution in [-0.2, 0) is 11.3 Å². The van der Waals surface area contributed by atoms with Crippen LogP contribution in [0.1, 0.15) is 24.0 Å². The van der Waals surface area contributed by atoms with Crippen LogP contribution in [0.3, 0.4) is 0 Å². The average Bonchev–Trinajstić information content (AvgIpc) is 3.55. The largest absolute Gasteiger partial charge is 0.497 e. The summed E-state index contributed by atoms with van der Waals surface area (Å²) in [5.41, 5.74) is 2.24. The molecular weight excluding hydrogens is 378 g/mol. The molecule has 1 amide bonds. The Balaban J connectivity index is 1.48. The number of aromatic nitrogens is 2. The van der Waals surface area contributed by atoms with Crippen LogP contribution in [0.15, 0.2) is 60.8 Å². The van der Waals surface area contributed by atoms with Crippen LogP contribution >= 0.6 is 0 Å². The molecule has 1 aliphatic rings. The van der Waals surface area contributed by atoms with E-state index in [1.807, 2.05) is 54.6 Å². The zero-order chi connectivity index (χ0) is 20.9. The Morgan fingerprint density at radius 1 is 1.23 bits per heavy atom. The van der Waals surface area contributed by atoms with Crippen LogP contribution in [0.4, 0.5) is 5.82 Å². The van der Waals surface area contributed by atoms with Crippen molar-refractivity contribution in [3.63, 3.8) is 0 Å². The SMILES string of the molecule is COc1ccc(CN(CC(=O)Nc2c(C#N)cnn2-c2ccccc2)C2CC2)cc1. The molecule has 7 nitrogen and oxygen atoms in total. The summed E-state index contributed by atoms with van der Waals surface area (Å²) in [5.74, 6) is 1.05. The van der Waals surface area contributed by atoms with Gasteiger partial charge in [-0.15, -0.1) is 0 Å². The van der Waals surface area contributed by atoms with E-state index in [0.717, 1.165) is 29.8 Å². The van der Waals surface area contributed by atoms with Crippen molar-refractivity contribution in [1.29, 1.82) is 5.26 Å². The maximum atomic E-state index is 12.9. The van der Waals surface area contributed by atoms with Crippen molar-refractivity contribution >= 4 is 11.7 Å². The molecule has 3 aromatic rings. The lowest BCUT2D eigenvalue weighted by Gasteiger charge is -2.22. The summed E-state index contributed by atoms with van der Waals surface area (Å²) in [6.07, 6.45) is 3.66. The standard InChI is InChI=1S/C23H23N5O2/c1-30-21-11-7-17(8-12-21)15-27(19-9-10-19)16-22(29)26-23-18(13-24)14-25-28(23)20-5-3-2-4-6-20/h2-8,11-12,14,19H,9-10,15-16H2,1H3,(H,26,29). The average molecular weight is 401 g/mol. The van der Waals surface area contributed by atoms with Crippen molar-refractivity contribution in [2.75, 3.05) is 19.0 Å². The van der Waals surface area contributed by atoms with E-state index in [4.69, 9.17) is 4.74 Å². The second-order valence-corrected chi connectivity index (χ2v) is 7.30. The molecule has 152 valence electrons. The lowest BCUT2D eigenvalue weighted by atomic mass is 10.2. The van der Waals surface area contributed by atoms with Crippen molar-refractivity contribution in [2.24, 2.45) is 0 Å². The van der Waals surface area contributed by atoms with Gasteiger partial charge < -0.3 is 10.1 Å². The number of anilines is 1. The lowest BCUT2D eigenvalue weighted by molar-refractivity contribution is -0.117. The Morgan fingerprint density at radius 3 is 2.60 bits per heavy atom. The minimum absolute atomic E-state index is 0.162. The number of nitrogens with zero attached hydrogens (tertiary/aromatic N) is 4. The third-order valence-corrected chi connectivity index (χ3v) is 5.10. The van der Waals surface area contributed by atoms with Crippen LogP contribution in [-0.4, -0.2) is 40.3 Å². The van der Waals surface area contributed by atoms with Crippen molar-refractivity contribution in [3.05, 3.63) is 71.9 Å². The highest BCUT2D eigenvalue weighted by Crippen LogP contribution is 2.29. The molecule has 2 aromatic carbocycles. The Hall–Kier alpha value is -3.63. The van der Waals surface area contributed by atoms with Gasteiger partial charge in [-0.3, -0.25) is 9.69 Å². The maximum Gasteiger partial charge on any atom is 0.239 e. The highest BCUT2D eigenvalue weighted by molar-refractivity contribution is 5.93. The van der Waals surface area contributed by atoms with E-state index < -0.39 is 0 Å². The molecule has 1 aromatic heterocycles. The highest BCUT2D eigenvalue weighted by atomic mass is 16.5. The van der Waals surface area contributed by atoms with E-state index in [2.05, 4.69) is 21.4 Å². The molecule has 7 heteroatoms. The fraction of sp³-hybridized carbons (Fsp3) is 0.261. The van der Waals surface area contributed by atoms with E-state index in [9.17, 15) is 10.1 Å². The molecule has 0 saturated heterocycles. The summed E-state index contributed by atoms with van der Waals surface area (Å²) in [6, 6.07) is 19.8. The molecule has 1 saturated carbocycles. The minimum atomic E-state index is -0.162. The van der Waals surface area contributed by atoms with Crippen LogP contribution in [0.5, 0.6) is 5.75 Å². The summed E-state index contributed by atoms with van der Waals surface area (Å²) in [7, 11) is 1.64. The molecule has 0 bridgehead atoms. The van der Waals surface area contributed by atoms with E-state index in [-0.39, 0.29) is 12.5 Å². The monoisotopic (exact) mass is 401 g/mol. The molecule has 1 heterocycles. The second-order valence-electron chi connectivity index (χ2n) is 7.30. The Bertz CT molecular complexity index is 1050. The van der Waals surface area contributed by atoms with E-state index >= 15 is 0 Å². The van der Waals surface area contributed by atoms with Gasteiger partial charge in [0.25, 0.3) is 0 Å². The number of rotatable bonds is 8. The van der Waals surface area contributed by atoms with Gasteiger partial charge in [-0.1, -0.05) is 30.3 Å². The fourth-order valence-electron chi connectivity index (χ4n) is 3.39. The highest BCUT2D eigenvalue weighted by Gasteiger charge is 2.30. The van der Waals surface area contributed by atoms with Crippen LogP contribution in [0.25, 0.3) is 5.69 Å². The molecule has 0 radical (unpaired) electrons. The Kier molecular flexibility index (Phi) is 5.77. The predicted molar refractivity (Wildman–Crippen MR) is 113 cm³/mol. The molecule has 0 atom stereocenters. The van der Waals surface area contributed by atoms with Crippen LogP contribution in [0.2, 0.25) is 0 Å². The number of hydrogen-bond donors (Lipinski definition) is 1. The molecule has 0 spiro atoms. The quantitative estimate of drug-likeness (QED) is 0.626. The summed E-state index contributed by atoms with van der Waals surface area (Å²) in [6.45, 7) is 0.937. The second kappa shape index (κ2) is 8.80. The Labute approximate surface area is 175 Å². The first kappa shape index (κ1) is 19.7. The number of amides is 1. The number of hydrogen-bond acceptors (Lipinski definition) is 5. The third-order valence-electron chi connectivity index (χ3n) is 5.10. The first-order chi connectivity index (χ1) is 14.7. The van der Waals surface area contributed by atoms with Crippen LogP contribution in [0, 0.1) is 11.3 Å². The molecule has 4 rings (SSSR count). The predicted octanol–water partition coefficient (Wildman–Crippen LogP) is 3.36. The van der Waals surface area contributed by atoms with Crippen molar-refractivity contribution < 1.29 is 9.53 Å².